The van der Waals surface area contributed by atoms with Gasteiger partial charge in [-0.05, 0) is 43.7 Å². The second-order valence-electron chi connectivity index (χ2n) is 7.74. The van der Waals surface area contributed by atoms with Gasteiger partial charge in [0.25, 0.3) is 5.91 Å². The van der Waals surface area contributed by atoms with Crippen LogP contribution >= 0.6 is 0 Å². The van der Waals surface area contributed by atoms with Crippen LogP contribution in [0.2, 0.25) is 0 Å². The van der Waals surface area contributed by atoms with E-state index < -0.39 is 0 Å². The van der Waals surface area contributed by atoms with Crippen LogP contribution in [0.1, 0.15) is 18.4 Å². The highest BCUT2D eigenvalue weighted by atomic mass is 19.1. The summed E-state index contributed by atoms with van der Waals surface area (Å²) in [5.74, 6) is 0.621. The Morgan fingerprint density at radius 2 is 1.77 bits per heavy atom. The average Bonchev–Trinajstić information content (AvgIpc) is 2.79. The minimum Gasteiger partial charge on any atom is -0.488 e. The van der Waals surface area contributed by atoms with Crippen LogP contribution in [0.5, 0.6) is 5.75 Å². The number of carbonyl (C=O) groups excluding carboxylic acids is 1. The number of piperazine rings is 1. The predicted octanol–water partition coefficient (Wildman–Crippen LogP) is 3.32. The number of rotatable bonds is 7. The molecule has 1 amide bonds. The van der Waals surface area contributed by atoms with Crippen molar-refractivity contribution in [2.75, 3.05) is 50.8 Å². The number of hydrogen-bond acceptors (Lipinski definition) is 4. The molecule has 5 nitrogen and oxygen atoms in total. The maximum Gasteiger partial charge on any atom is 0.250 e. The van der Waals surface area contributed by atoms with Crippen molar-refractivity contribution in [2.24, 2.45) is 0 Å². The van der Waals surface area contributed by atoms with Gasteiger partial charge in [0.15, 0.2) is 0 Å². The van der Waals surface area contributed by atoms with Crippen LogP contribution in [0.25, 0.3) is 6.08 Å². The third-order valence-corrected chi connectivity index (χ3v) is 5.68. The number of unbranched alkanes of at least 4 members (excludes halogenated alkanes) is 1. The van der Waals surface area contributed by atoms with E-state index in [1.165, 1.54) is 6.07 Å². The highest BCUT2D eigenvalue weighted by Gasteiger charge is 2.19. The molecule has 4 rings (SSSR count). The third kappa shape index (κ3) is 5.00. The molecule has 2 aliphatic rings. The molecule has 0 radical (unpaired) electrons. The Balaban J connectivity index is 1.13. The maximum absolute atomic E-state index is 13.9. The van der Waals surface area contributed by atoms with Crippen LogP contribution in [0.3, 0.4) is 0 Å². The molecule has 2 aromatic rings. The first-order valence-electron chi connectivity index (χ1n) is 10.6. The number of nitrogens with zero attached hydrogens (tertiary/aromatic N) is 2. The molecule has 0 atom stereocenters. The van der Waals surface area contributed by atoms with Gasteiger partial charge >= 0.3 is 0 Å². The second kappa shape index (κ2) is 9.76. The van der Waals surface area contributed by atoms with Gasteiger partial charge in [0.2, 0.25) is 0 Å². The Labute approximate surface area is 177 Å². The zero-order valence-corrected chi connectivity index (χ0v) is 17.1. The summed E-state index contributed by atoms with van der Waals surface area (Å²) in [6, 6.07) is 14.7. The summed E-state index contributed by atoms with van der Waals surface area (Å²) >= 11 is 0. The Kier molecular flexibility index (Phi) is 6.64. The van der Waals surface area contributed by atoms with Gasteiger partial charge in [0.1, 0.15) is 18.2 Å². The van der Waals surface area contributed by atoms with Crippen molar-refractivity contribution in [1.29, 1.82) is 0 Å². The van der Waals surface area contributed by atoms with Crippen molar-refractivity contribution >= 4 is 17.7 Å². The molecular formula is C24H28FN3O2. The molecule has 158 valence electrons. The fourth-order valence-electron chi connectivity index (χ4n) is 3.94. The lowest BCUT2D eigenvalue weighted by Crippen LogP contribution is -2.47. The van der Waals surface area contributed by atoms with Gasteiger partial charge in [-0.25, -0.2) is 4.39 Å². The second-order valence-corrected chi connectivity index (χ2v) is 7.74. The highest BCUT2D eigenvalue weighted by Crippen LogP contribution is 2.25. The molecule has 0 saturated carbocycles. The van der Waals surface area contributed by atoms with Gasteiger partial charge in [-0.2, -0.15) is 0 Å². The molecule has 30 heavy (non-hydrogen) atoms. The summed E-state index contributed by atoms with van der Waals surface area (Å²) in [5.41, 5.74) is 2.31. The van der Waals surface area contributed by atoms with Gasteiger partial charge in [-0.1, -0.05) is 30.3 Å². The Bertz CT molecular complexity index is 907. The number of amides is 1. The van der Waals surface area contributed by atoms with Crippen molar-refractivity contribution < 1.29 is 13.9 Å². The summed E-state index contributed by atoms with van der Waals surface area (Å²) in [6.45, 7) is 5.53. The highest BCUT2D eigenvalue weighted by molar-refractivity contribution is 5.99. The fourth-order valence-corrected chi connectivity index (χ4v) is 3.94. The lowest BCUT2D eigenvalue weighted by Gasteiger charge is -2.36. The van der Waals surface area contributed by atoms with Crippen LogP contribution in [-0.2, 0) is 4.79 Å². The van der Waals surface area contributed by atoms with E-state index in [9.17, 15) is 9.18 Å². The summed E-state index contributed by atoms with van der Waals surface area (Å²) in [6.07, 6.45) is 3.87. The minimum atomic E-state index is -0.149. The van der Waals surface area contributed by atoms with Crippen LogP contribution in [0, 0.1) is 5.82 Å². The quantitative estimate of drug-likeness (QED) is 0.713. The molecule has 0 aliphatic carbocycles. The lowest BCUT2D eigenvalue weighted by molar-refractivity contribution is -0.117. The summed E-state index contributed by atoms with van der Waals surface area (Å²) in [5, 5.41) is 3.00. The van der Waals surface area contributed by atoms with E-state index in [0.29, 0.717) is 24.4 Å². The largest absolute Gasteiger partial charge is 0.488 e. The number of benzene rings is 2. The Morgan fingerprint density at radius 3 is 2.60 bits per heavy atom. The molecule has 0 bridgehead atoms. The summed E-state index contributed by atoms with van der Waals surface area (Å²) < 4.78 is 19.6. The van der Waals surface area contributed by atoms with Crippen molar-refractivity contribution in [3.8, 4) is 5.75 Å². The van der Waals surface area contributed by atoms with E-state index in [1.807, 2.05) is 42.5 Å². The number of para-hydroxylation sites is 2. The first kappa shape index (κ1) is 20.4. The Hall–Kier alpha value is -2.86. The van der Waals surface area contributed by atoms with Gasteiger partial charge in [-0.15, -0.1) is 0 Å². The number of anilines is 1. The number of carbonyl (C=O) groups is 1. The van der Waals surface area contributed by atoms with E-state index in [1.54, 1.807) is 6.07 Å². The van der Waals surface area contributed by atoms with Crippen LogP contribution in [0.4, 0.5) is 10.1 Å². The van der Waals surface area contributed by atoms with Crippen molar-refractivity contribution in [1.82, 2.24) is 10.2 Å². The molecule has 1 fully saturated rings. The maximum atomic E-state index is 13.9. The molecule has 6 heteroatoms. The van der Waals surface area contributed by atoms with Gasteiger partial charge in [0, 0.05) is 38.3 Å². The predicted molar refractivity (Wildman–Crippen MR) is 117 cm³/mol. The van der Waals surface area contributed by atoms with Crippen LogP contribution in [-0.4, -0.2) is 56.7 Å². The zero-order valence-electron chi connectivity index (χ0n) is 17.1. The van der Waals surface area contributed by atoms with Crippen molar-refractivity contribution in [3.05, 3.63) is 65.5 Å². The molecule has 0 spiro atoms. The molecule has 2 aromatic carbocycles. The third-order valence-electron chi connectivity index (χ3n) is 5.68. The van der Waals surface area contributed by atoms with E-state index in [-0.39, 0.29) is 11.7 Å². The molecule has 0 aromatic heterocycles. The molecule has 2 heterocycles. The van der Waals surface area contributed by atoms with E-state index in [0.717, 1.165) is 56.9 Å². The lowest BCUT2D eigenvalue weighted by atomic mass is 10.1. The molecule has 1 N–H and O–H groups in total. The van der Waals surface area contributed by atoms with Crippen LogP contribution < -0.4 is 15.0 Å². The minimum absolute atomic E-state index is 0.0528. The normalized spacial score (nSPS) is 16.4. The van der Waals surface area contributed by atoms with Gasteiger partial charge < -0.3 is 15.0 Å². The first-order valence-corrected chi connectivity index (χ1v) is 10.6. The van der Waals surface area contributed by atoms with Crippen molar-refractivity contribution in [3.63, 3.8) is 0 Å². The monoisotopic (exact) mass is 409 g/mol. The fraction of sp³-hybridized carbons (Fsp3) is 0.375. The summed E-state index contributed by atoms with van der Waals surface area (Å²) in [4.78, 5) is 16.9. The standard InChI is InChI=1S/C24H28FN3O2/c25-21-8-2-3-9-22(21)28-15-13-27(14-16-28)12-6-5-11-26-24(29)20-17-19-7-1-4-10-23(19)30-18-20/h1-4,7-10,17H,5-6,11-16,18H2,(H,26,29). The van der Waals surface area contributed by atoms with Crippen LogP contribution in [0.15, 0.2) is 54.1 Å². The SMILES string of the molecule is O=C(NCCCCN1CCN(c2ccccc2F)CC1)C1=Cc2ccccc2OC1. The number of nitrogens with one attached hydrogen (secondary N) is 1. The molecule has 1 saturated heterocycles. The Morgan fingerprint density at radius 1 is 1.00 bits per heavy atom. The topological polar surface area (TPSA) is 44.8 Å². The number of fused-ring (bicyclic) bond motifs is 1. The van der Waals surface area contributed by atoms with E-state index in [4.69, 9.17) is 4.74 Å². The zero-order chi connectivity index (χ0) is 20.8. The van der Waals surface area contributed by atoms with E-state index >= 15 is 0 Å². The van der Waals surface area contributed by atoms with Gasteiger partial charge in [0.05, 0.1) is 11.3 Å². The number of halogens is 1. The molecular weight excluding hydrogens is 381 g/mol. The first-order chi connectivity index (χ1) is 14.7. The number of ether oxygens (including phenoxy) is 1. The molecule has 0 unspecified atom stereocenters. The van der Waals surface area contributed by atoms with Gasteiger partial charge in [-0.3, -0.25) is 9.69 Å². The summed E-state index contributed by atoms with van der Waals surface area (Å²) in [7, 11) is 0. The number of hydrogen-bond donors (Lipinski definition) is 1. The molecule has 2 aliphatic heterocycles. The smallest absolute Gasteiger partial charge is 0.250 e. The van der Waals surface area contributed by atoms with Crippen molar-refractivity contribution in [2.45, 2.75) is 12.8 Å². The van der Waals surface area contributed by atoms with E-state index in [2.05, 4.69) is 15.1 Å². The average molecular weight is 410 g/mol.